The van der Waals surface area contributed by atoms with Crippen LogP contribution in [0, 0.1) is 6.92 Å². The van der Waals surface area contributed by atoms with Crippen molar-refractivity contribution in [2.45, 2.75) is 18.7 Å². The molecule has 0 aliphatic carbocycles. The fourth-order valence-electron chi connectivity index (χ4n) is 1.49. The molecule has 0 saturated carbocycles. The van der Waals surface area contributed by atoms with Crippen molar-refractivity contribution in [3.63, 3.8) is 0 Å². The number of allylic oxidation sites excluding steroid dienone is 1. The van der Waals surface area contributed by atoms with E-state index in [4.69, 9.17) is 0 Å². The van der Waals surface area contributed by atoms with E-state index in [1.165, 1.54) is 27.3 Å². The SMILES string of the molecule is Cc1ccccc1C1=C(Br)CC[Se]1. The second-order valence-electron chi connectivity index (χ2n) is 3.15. The topological polar surface area (TPSA) is 0 Å². The number of rotatable bonds is 1. The minimum absolute atomic E-state index is 0.685. The van der Waals surface area contributed by atoms with Crippen LogP contribution in [0.2, 0.25) is 5.32 Å². The summed E-state index contributed by atoms with van der Waals surface area (Å²) >= 11 is 4.36. The Kier molecular flexibility index (Phi) is 2.92. The van der Waals surface area contributed by atoms with Crippen molar-refractivity contribution in [3.05, 3.63) is 39.9 Å². The summed E-state index contributed by atoms with van der Waals surface area (Å²) in [4.78, 5) is 0. The zero-order valence-electron chi connectivity index (χ0n) is 7.51. The second kappa shape index (κ2) is 4.00. The van der Waals surface area contributed by atoms with Crippen LogP contribution in [0.25, 0.3) is 4.47 Å². The fraction of sp³-hybridized carbons (Fsp3) is 0.273. The standard InChI is InChI=1S/C11H11BrSe/c1-8-4-2-3-5-9(8)11-10(12)6-7-13-11/h2-5H,6-7H2,1H3. The fourth-order valence-corrected chi connectivity index (χ4v) is 5.50. The molecule has 0 N–H and O–H groups in total. The zero-order chi connectivity index (χ0) is 9.26. The van der Waals surface area contributed by atoms with Gasteiger partial charge in [0.15, 0.2) is 0 Å². The molecule has 1 aliphatic heterocycles. The van der Waals surface area contributed by atoms with E-state index in [9.17, 15) is 0 Å². The summed E-state index contributed by atoms with van der Waals surface area (Å²) in [6.45, 7) is 2.19. The second-order valence-corrected chi connectivity index (χ2v) is 6.42. The quantitative estimate of drug-likeness (QED) is 0.696. The summed E-state index contributed by atoms with van der Waals surface area (Å²) < 4.78 is 3.01. The normalized spacial score (nSPS) is 16.8. The molecule has 68 valence electrons. The van der Waals surface area contributed by atoms with Gasteiger partial charge in [-0.1, -0.05) is 0 Å². The molecule has 0 radical (unpaired) electrons. The zero-order valence-corrected chi connectivity index (χ0v) is 10.8. The van der Waals surface area contributed by atoms with Gasteiger partial charge in [0, 0.05) is 0 Å². The maximum absolute atomic E-state index is 3.67. The van der Waals surface area contributed by atoms with Crippen molar-refractivity contribution in [2.24, 2.45) is 0 Å². The average molecular weight is 302 g/mol. The van der Waals surface area contributed by atoms with Gasteiger partial charge in [0.25, 0.3) is 0 Å². The molecule has 0 aromatic heterocycles. The molecule has 0 fully saturated rings. The Hall–Kier alpha value is -0.0405. The van der Waals surface area contributed by atoms with E-state index >= 15 is 0 Å². The van der Waals surface area contributed by atoms with E-state index in [0.29, 0.717) is 15.0 Å². The van der Waals surface area contributed by atoms with Gasteiger partial charge in [0.2, 0.25) is 0 Å². The van der Waals surface area contributed by atoms with E-state index in [1.807, 2.05) is 0 Å². The Morgan fingerprint density at radius 2 is 2.08 bits per heavy atom. The van der Waals surface area contributed by atoms with Gasteiger partial charge in [-0.2, -0.15) is 0 Å². The van der Waals surface area contributed by atoms with Crippen LogP contribution in [0.3, 0.4) is 0 Å². The van der Waals surface area contributed by atoms with Crippen molar-refractivity contribution in [2.75, 3.05) is 0 Å². The van der Waals surface area contributed by atoms with Crippen LogP contribution in [0.5, 0.6) is 0 Å². The molecule has 13 heavy (non-hydrogen) atoms. The van der Waals surface area contributed by atoms with Crippen LogP contribution >= 0.6 is 15.9 Å². The summed E-state index contributed by atoms with van der Waals surface area (Å²) in [7, 11) is 0. The molecule has 0 spiro atoms. The van der Waals surface area contributed by atoms with E-state index in [2.05, 4.69) is 47.1 Å². The van der Waals surface area contributed by atoms with Gasteiger partial charge in [-0.15, -0.1) is 0 Å². The first-order valence-electron chi connectivity index (χ1n) is 4.36. The predicted molar refractivity (Wildman–Crippen MR) is 62.2 cm³/mol. The summed E-state index contributed by atoms with van der Waals surface area (Å²) in [6, 6.07) is 8.66. The molecule has 2 heteroatoms. The molecule has 1 heterocycles. The van der Waals surface area contributed by atoms with Crippen LogP contribution in [0.1, 0.15) is 17.5 Å². The van der Waals surface area contributed by atoms with Crippen molar-refractivity contribution in [1.29, 1.82) is 0 Å². The molecule has 2 rings (SSSR count). The van der Waals surface area contributed by atoms with Crippen LogP contribution in [0.15, 0.2) is 28.7 Å². The number of aryl methyl sites for hydroxylation is 1. The number of hydrogen-bond donors (Lipinski definition) is 0. The molecule has 1 aromatic rings. The molecule has 1 aromatic carbocycles. The first-order valence-corrected chi connectivity index (χ1v) is 7.22. The average Bonchev–Trinajstić information content (AvgIpc) is 2.52. The minimum atomic E-state index is 0.685. The van der Waals surface area contributed by atoms with Crippen molar-refractivity contribution < 1.29 is 0 Å². The van der Waals surface area contributed by atoms with Gasteiger partial charge in [-0.3, -0.25) is 0 Å². The Morgan fingerprint density at radius 1 is 1.31 bits per heavy atom. The molecular formula is C11H11BrSe. The van der Waals surface area contributed by atoms with E-state index < -0.39 is 0 Å². The van der Waals surface area contributed by atoms with Crippen LogP contribution < -0.4 is 0 Å². The van der Waals surface area contributed by atoms with Gasteiger partial charge in [-0.25, -0.2) is 0 Å². The molecule has 0 unspecified atom stereocenters. The Labute approximate surface area is 93.7 Å². The van der Waals surface area contributed by atoms with Crippen LogP contribution in [-0.4, -0.2) is 15.0 Å². The summed E-state index contributed by atoms with van der Waals surface area (Å²) in [5.41, 5.74) is 2.85. The summed E-state index contributed by atoms with van der Waals surface area (Å²) in [5, 5.41) is 1.36. The van der Waals surface area contributed by atoms with Gasteiger partial charge < -0.3 is 0 Å². The third-order valence-corrected chi connectivity index (χ3v) is 6.03. The van der Waals surface area contributed by atoms with Crippen molar-refractivity contribution in [3.8, 4) is 0 Å². The molecule has 0 amide bonds. The van der Waals surface area contributed by atoms with Crippen molar-refractivity contribution in [1.82, 2.24) is 0 Å². The van der Waals surface area contributed by atoms with E-state index in [0.717, 1.165) is 0 Å². The van der Waals surface area contributed by atoms with E-state index in [1.54, 1.807) is 4.47 Å². The first-order chi connectivity index (χ1) is 6.29. The molecule has 0 saturated heterocycles. The monoisotopic (exact) mass is 302 g/mol. The van der Waals surface area contributed by atoms with Crippen molar-refractivity contribution >= 4 is 35.4 Å². The van der Waals surface area contributed by atoms with E-state index in [-0.39, 0.29) is 0 Å². The summed E-state index contributed by atoms with van der Waals surface area (Å²) in [6.07, 6.45) is 1.24. The summed E-state index contributed by atoms with van der Waals surface area (Å²) in [5.74, 6) is 0. The van der Waals surface area contributed by atoms with Gasteiger partial charge in [0.1, 0.15) is 0 Å². The predicted octanol–water partition coefficient (Wildman–Crippen LogP) is 3.58. The Morgan fingerprint density at radius 3 is 2.69 bits per heavy atom. The van der Waals surface area contributed by atoms with Crippen LogP contribution in [-0.2, 0) is 0 Å². The first kappa shape index (κ1) is 9.51. The van der Waals surface area contributed by atoms with Gasteiger partial charge in [0.05, 0.1) is 0 Å². The number of benzene rings is 1. The molecule has 0 nitrogen and oxygen atoms in total. The Bertz CT molecular complexity index is 355. The number of halogens is 1. The van der Waals surface area contributed by atoms with Gasteiger partial charge in [-0.05, 0) is 0 Å². The molecular weight excluding hydrogens is 291 g/mol. The van der Waals surface area contributed by atoms with Crippen LogP contribution in [0.4, 0.5) is 0 Å². The molecule has 0 bridgehead atoms. The van der Waals surface area contributed by atoms with Gasteiger partial charge >= 0.3 is 93.9 Å². The third-order valence-electron chi connectivity index (χ3n) is 2.20. The number of hydrogen-bond acceptors (Lipinski definition) is 0. The third kappa shape index (κ3) is 1.90. The maximum atomic E-state index is 3.67. The molecule has 1 aliphatic rings. The molecule has 0 atom stereocenters. The Balaban J connectivity index is 2.46.